The Hall–Kier alpha value is -3.16. The maximum Gasteiger partial charge on any atom is 0.272 e. The predicted octanol–water partition coefficient (Wildman–Crippen LogP) is 1.72. The van der Waals surface area contributed by atoms with Crippen LogP contribution in [-0.4, -0.2) is 31.2 Å². The first kappa shape index (κ1) is 14.8. The fraction of sp³-hybridized carbons (Fsp3) is 0.200. The lowest BCUT2D eigenvalue weighted by Gasteiger charge is -2.08. The predicted molar refractivity (Wildman–Crippen MR) is 80.2 cm³/mol. The number of pyridine rings is 1. The van der Waals surface area contributed by atoms with E-state index in [0.717, 1.165) is 11.3 Å². The standard InChI is InChI=1S/C15H14N6O2/c1-9-8-11(5-7-16-9)13-19-15(23-21-13)10(2)18-14(22)12-4-3-6-17-20-12/h3-8,10H,1-2H3,(H,18,22)/t10-/m0/s1. The first-order chi connectivity index (χ1) is 11.1. The minimum atomic E-state index is -0.450. The minimum absolute atomic E-state index is 0.226. The summed E-state index contributed by atoms with van der Waals surface area (Å²) in [6.07, 6.45) is 3.18. The molecular formula is C15H14N6O2. The molecule has 23 heavy (non-hydrogen) atoms. The molecule has 3 aromatic heterocycles. The van der Waals surface area contributed by atoms with Crippen LogP contribution >= 0.6 is 0 Å². The number of rotatable bonds is 4. The van der Waals surface area contributed by atoms with E-state index in [9.17, 15) is 4.79 Å². The first-order valence-electron chi connectivity index (χ1n) is 6.98. The second-order valence-electron chi connectivity index (χ2n) is 4.95. The Morgan fingerprint density at radius 2 is 2.17 bits per heavy atom. The van der Waals surface area contributed by atoms with Crippen molar-refractivity contribution >= 4 is 5.91 Å². The number of aromatic nitrogens is 5. The molecule has 0 fully saturated rings. The summed E-state index contributed by atoms with van der Waals surface area (Å²) < 4.78 is 5.23. The van der Waals surface area contributed by atoms with E-state index in [2.05, 4.69) is 30.6 Å². The second-order valence-corrected chi connectivity index (χ2v) is 4.95. The molecule has 0 aliphatic carbocycles. The lowest BCUT2D eigenvalue weighted by molar-refractivity contribution is 0.0926. The Morgan fingerprint density at radius 3 is 2.91 bits per heavy atom. The number of amides is 1. The average molecular weight is 310 g/mol. The molecule has 3 rings (SSSR count). The molecule has 0 saturated carbocycles. The van der Waals surface area contributed by atoms with Gasteiger partial charge in [-0.1, -0.05) is 5.16 Å². The van der Waals surface area contributed by atoms with Crippen molar-refractivity contribution in [3.63, 3.8) is 0 Å². The molecule has 8 heteroatoms. The Balaban J connectivity index is 1.74. The molecule has 0 aromatic carbocycles. The minimum Gasteiger partial charge on any atom is -0.339 e. The summed E-state index contributed by atoms with van der Waals surface area (Å²) in [6.45, 7) is 3.64. The van der Waals surface area contributed by atoms with E-state index in [-0.39, 0.29) is 11.6 Å². The van der Waals surface area contributed by atoms with Crippen LogP contribution in [0.3, 0.4) is 0 Å². The van der Waals surface area contributed by atoms with Gasteiger partial charge < -0.3 is 9.84 Å². The molecule has 0 aliphatic rings. The van der Waals surface area contributed by atoms with E-state index in [1.54, 1.807) is 31.3 Å². The van der Waals surface area contributed by atoms with Gasteiger partial charge in [-0.25, -0.2) is 0 Å². The molecule has 0 spiro atoms. The molecular weight excluding hydrogens is 296 g/mol. The van der Waals surface area contributed by atoms with Crippen LogP contribution in [0.15, 0.2) is 41.2 Å². The number of carbonyl (C=O) groups is 1. The summed E-state index contributed by atoms with van der Waals surface area (Å²) in [5.41, 5.74) is 1.89. The van der Waals surface area contributed by atoms with Crippen molar-refractivity contribution in [3.05, 3.63) is 53.9 Å². The highest BCUT2D eigenvalue weighted by Crippen LogP contribution is 2.18. The normalized spacial score (nSPS) is 11.9. The summed E-state index contributed by atoms with van der Waals surface area (Å²) >= 11 is 0. The van der Waals surface area contributed by atoms with Gasteiger partial charge in [-0.2, -0.15) is 10.1 Å². The highest BCUT2D eigenvalue weighted by atomic mass is 16.5. The van der Waals surface area contributed by atoms with Gasteiger partial charge in [-0.15, -0.1) is 5.10 Å². The molecule has 3 heterocycles. The van der Waals surface area contributed by atoms with E-state index in [1.165, 1.54) is 6.20 Å². The fourth-order valence-corrected chi connectivity index (χ4v) is 1.97. The van der Waals surface area contributed by atoms with Crippen LogP contribution in [-0.2, 0) is 0 Å². The van der Waals surface area contributed by atoms with Gasteiger partial charge in [-0.3, -0.25) is 9.78 Å². The van der Waals surface area contributed by atoms with Crippen LogP contribution < -0.4 is 5.32 Å². The zero-order valence-corrected chi connectivity index (χ0v) is 12.6. The van der Waals surface area contributed by atoms with Crippen LogP contribution in [0.5, 0.6) is 0 Å². The Labute approximate surface area is 132 Å². The highest BCUT2D eigenvalue weighted by molar-refractivity contribution is 5.92. The Morgan fingerprint density at radius 1 is 1.30 bits per heavy atom. The number of nitrogens with one attached hydrogen (secondary N) is 1. The SMILES string of the molecule is Cc1cc(-c2noc([C@H](C)NC(=O)c3cccnn3)n2)ccn1. The molecule has 0 saturated heterocycles. The van der Waals surface area contributed by atoms with Crippen LogP contribution in [0, 0.1) is 6.92 Å². The number of aryl methyl sites for hydroxylation is 1. The Bertz CT molecular complexity index is 818. The molecule has 8 nitrogen and oxygen atoms in total. The van der Waals surface area contributed by atoms with E-state index in [4.69, 9.17) is 4.52 Å². The van der Waals surface area contributed by atoms with Gasteiger partial charge >= 0.3 is 0 Å². The lowest BCUT2D eigenvalue weighted by atomic mass is 10.2. The molecule has 3 aromatic rings. The van der Waals surface area contributed by atoms with Crippen molar-refractivity contribution in [1.29, 1.82) is 0 Å². The van der Waals surface area contributed by atoms with E-state index >= 15 is 0 Å². The average Bonchev–Trinajstić information content (AvgIpc) is 3.06. The molecule has 0 radical (unpaired) electrons. The maximum atomic E-state index is 12.0. The van der Waals surface area contributed by atoms with E-state index in [0.29, 0.717) is 11.7 Å². The second kappa shape index (κ2) is 6.30. The number of carbonyl (C=O) groups excluding carboxylic acids is 1. The van der Waals surface area contributed by atoms with Gasteiger partial charge in [0.2, 0.25) is 11.7 Å². The Kier molecular flexibility index (Phi) is 4.05. The van der Waals surface area contributed by atoms with E-state index < -0.39 is 6.04 Å². The lowest BCUT2D eigenvalue weighted by Crippen LogP contribution is -2.27. The smallest absolute Gasteiger partial charge is 0.272 e. The molecule has 0 unspecified atom stereocenters. The molecule has 1 amide bonds. The van der Waals surface area contributed by atoms with Gasteiger partial charge in [0.05, 0.1) is 0 Å². The van der Waals surface area contributed by atoms with Crippen molar-refractivity contribution in [2.45, 2.75) is 19.9 Å². The summed E-state index contributed by atoms with van der Waals surface area (Å²) in [5.74, 6) is 0.405. The molecule has 0 aliphatic heterocycles. The van der Waals surface area contributed by atoms with Gasteiger partial charge in [0.25, 0.3) is 5.91 Å². The zero-order valence-electron chi connectivity index (χ0n) is 12.6. The largest absolute Gasteiger partial charge is 0.339 e. The quantitative estimate of drug-likeness (QED) is 0.781. The molecule has 1 atom stereocenters. The van der Waals surface area contributed by atoms with E-state index in [1.807, 2.05) is 13.0 Å². The number of hydrogen-bond acceptors (Lipinski definition) is 7. The molecule has 116 valence electrons. The third-order valence-electron chi connectivity index (χ3n) is 3.12. The zero-order chi connectivity index (χ0) is 16.2. The third kappa shape index (κ3) is 3.37. The summed E-state index contributed by atoms with van der Waals surface area (Å²) in [4.78, 5) is 20.5. The topological polar surface area (TPSA) is 107 Å². The van der Waals surface area contributed by atoms with Crippen LogP contribution in [0.2, 0.25) is 0 Å². The van der Waals surface area contributed by atoms with Gasteiger partial charge in [-0.05, 0) is 38.1 Å². The third-order valence-corrected chi connectivity index (χ3v) is 3.12. The van der Waals surface area contributed by atoms with Crippen molar-refractivity contribution in [2.75, 3.05) is 0 Å². The van der Waals surface area contributed by atoms with Crippen molar-refractivity contribution in [2.24, 2.45) is 0 Å². The molecule has 0 bridgehead atoms. The number of nitrogens with zero attached hydrogens (tertiary/aromatic N) is 5. The number of hydrogen-bond donors (Lipinski definition) is 1. The van der Waals surface area contributed by atoms with Gasteiger partial charge in [0, 0.05) is 23.7 Å². The van der Waals surface area contributed by atoms with Gasteiger partial charge in [0.1, 0.15) is 6.04 Å². The monoisotopic (exact) mass is 310 g/mol. The van der Waals surface area contributed by atoms with Crippen LogP contribution in [0.4, 0.5) is 0 Å². The molecule has 1 N–H and O–H groups in total. The van der Waals surface area contributed by atoms with Crippen LogP contribution in [0.1, 0.15) is 35.0 Å². The maximum absolute atomic E-state index is 12.0. The van der Waals surface area contributed by atoms with Crippen molar-refractivity contribution < 1.29 is 9.32 Å². The van der Waals surface area contributed by atoms with Crippen molar-refractivity contribution in [1.82, 2.24) is 30.6 Å². The van der Waals surface area contributed by atoms with Crippen LogP contribution in [0.25, 0.3) is 11.4 Å². The highest BCUT2D eigenvalue weighted by Gasteiger charge is 2.19. The summed E-state index contributed by atoms with van der Waals surface area (Å²) in [7, 11) is 0. The first-order valence-corrected chi connectivity index (χ1v) is 6.98. The van der Waals surface area contributed by atoms with Crippen molar-refractivity contribution in [3.8, 4) is 11.4 Å². The summed E-state index contributed by atoms with van der Waals surface area (Å²) in [6, 6.07) is 6.42. The summed E-state index contributed by atoms with van der Waals surface area (Å²) in [5, 5.41) is 14.1. The van der Waals surface area contributed by atoms with Gasteiger partial charge in [0.15, 0.2) is 5.69 Å². The fourth-order valence-electron chi connectivity index (χ4n) is 1.97.